The van der Waals surface area contributed by atoms with Gasteiger partial charge in [0.2, 0.25) is 21.8 Å². The molecule has 0 aliphatic carbocycles. The summed E-state index contributed by atoms with van der Waals surface area (Å²) in [4.78, 5) is 2.03. The first kappa shape index (κ1) is 18.7. The Bertz CT molecular complexity index is 1050. The zero-order valence-electron chi connectivity index (χ0n) is 15.0. The average Bonchev–Trinajstić information content (AvgIpc) is 3.18. The summed E-state index contributed by atoms with van der Waals surface area (Å²) < 4.78 is 45.8. The molecule has 1 fully saturated rings. The molecule has 7 nitrogen and oxygen atoms in total. The molecule has 0 bridgehead atoms. The van der Waals surface area contributed by atoms with Gasteiger partial charge in [-0.2, -0.15) is 4.31 Å². The van der Waals surface area contributed by atoms with E-state index in [9.17, 15) is 12.8 Å². The summed E-state index contributed by atoms with van der Waals surface area (Å²) >= 11 is 0. The smallest absolute Gasteiger partial charge is 0.247 e. The molecule has 0 radical (unpaired) electrons. The molecular formula is C19H19FN4O3S. The second-order valence-electron chi connectivity index (χ2n) is 6.50. The van der Waals surface area contributed by atoms with E-state index in [4.69, 9.17) is 4.42 Å². The van der Waals surface area contributed by atoms with Crippen molar-refractivity contribution in [3.05, 3.63) is 66.3 Å². The van der Waals surface area contributed by atoms with Crippen molar-refractivity contribution >= 4 is 10.0 Å². The van der Waals surface area contributed by atoms with Crippen LogP contribution in [0.1, 0.15) is 5.89 Å². The monoisotopic (exact) mass is 402 g/mol. The molecule has 1 aliphatic rings. The molecule has 0 N–H and O–H groups in total. The lowest BCUT2D eigenvalue weighted by atomic mass is 10.2. The molecule has 28 heavy (non-hydrogen) atoms. The summed E-state index contributed by atoms with van der Waals surface area (Å²) in [6.45, 7) is 2.14. The van der Waals surface area contributed by atoms with Crippen LogP contribution in [0.4, 0.5) is 4.39 Å². The maximum absolute atomic E-state index is 13.4. The van der Waals surface area contributed by atoms with Crippen molar-refractivity contribution in [2.75, 3.05) is 26.2 Å². The fourth-order valence-corrected chi connectivity index (χ4v) is 4.56. The van der Waals surface area contributed by atoms with Crippen LogP contribution in [0.2, 0.25) is 0 Å². The molecule has 2 aromatic carbocycles. The minimum atomic E-state index is -3.70. The van der Waals surface area contributed by atoms with Crippen LogP contribution in [0, 0.1) is 5.82 Å². The Hall–Kier alpha value is -2.62. The van der Waals surface area contributed by atoms with Crippen LogP contribution < -0.4 is 0 Å². The maximum Gasteiger partial charge on any atom is 0.247 e. The summed E-state index contributed by atoms with van der Waals surface area (Å²) in [5, 5.41) is 8.15. The summed E-state index contributed by atoms with van der Waals surface area (Å²) in [5.74, 6) is 0.383. The van der Waals surface area contributed by atoms with Crippen molar-refractivity contribution in [1.29, 1.82) is 0 Å². The Morgan fingerprint density at radius 3 is 2.43 bits per heavy atom. The van der Waals surface area contributed by atoms with Gasteiger partial charge in [0.25, 0.3) is 0 Å². The fourth-order valence-electron chi connectivity index (χ4n) is 3.11. The van der Waals surface area contributed by atoms with Gasteiger partial charge in [0.05, 0.1) is 11.4 Å². The zero-order valence-corrected chi connectivity index (χ0v) is 15.8. The molecule has 0 amide bonds. The number of halogens is 1. The second-order valence-corrected chi connectivity index (χ2v) is 8.44. The van der Waals surface area contributed by atoms with Gasteiger partial charge in [-0.1, -0.05) is 24.3 Å². The molecule has 0 spiro atoms. The van der Waals surface area contributed by atoms with Crippen molar-refractivity contribution in [3.8, 4) is 11.5 Å². The fraction of sp³-hybridized carbons (Fsp3) is 0.263. The van der Waals surface area contributed by atoms with Crippen LogP contribution in [0.25, 0.3) is 11.5 Å². The van der Waals surface area contributed by atoms with Gasteiger partial charge in [0.15, 0.2) is 0 Å². The highest BCUT2D eigenvalue weighted by Gasteiger charge is 2.29. The Morgan fingerprint density at radius 1 is 0.964 bits per heavy atom. The Balaban J connectivity index is 1.38. The van der Waals surface area contributed by atoms with Crippen LogP contribution in [0.5, 0.6) is 0 Å². The minimum absolute atomic E-state index is 0.0228. The van der Waals surface area contributed by atoms with Crippen LogP contribution in [-0.2, 0) is 16.6 Å². The van der Waals surface area contributed by atoms with E-state index >= 15 is 0 Å². The van der Waals surface area contributed by atoms with E-state index in [2.05, 4.69) is 15.1 Å². The number of benzene rings is 2. The molecular weight excluding hydrogens is 383 g/mol. The predicted molar refractivity (Wildman–Crippen MR) is 100 cm³/mol. The molecule has 146 valence electrons. The van der Waals surface area contributed by atoms with Crippen LogP contribution >= 0.6 is 0 Å². The summed E-state index contributed by atoms with van der Waals surface area (Å²) in [7, 11) is -3.70. The van der Waals surface area contributed by atoms with E-state index in [1.165, 1.54) is 22.5 Å². The van der Waals surface area contributed by atoms with E-state index in [1.54, 1.807) is 0 Å². The zero-order chi connectivity index (χ0) is 19.6. The molecule has 1 saturated heterocycles. The van der Waals surface area contributed by atoms with Gasteiger partial charge in [-0.3, -0.25) is 4.90 Å². The molecule has 1 aromatic heterocycles. The number of rotatable bonds is 5. The van der Waals surface area contributed by atoms with Crippen molar-refractivity contribution in [3.63, 3.8) is 0 Å². The van der Waals surface area contributed by atoms with E-state index in [1.807, 2.05) is 30.3 Å². The second kappa shape index (κ2) is 7.78. The molecule has 3 aromatic rings. The average molecular weight is 402 g/mol. The lowest BCUT2D eigenvalue weighted by Gasteiger charge is -2.33. The topological polar surface area (TPSA) is 79.5 Å². The molecule has 0 unspecified atom stereocenters. The molecule has 2 heterocycles. The lowest BCUT2D eigenvalue weighted by molar-refractivity contribution is 0.168. The summed E-state index contributed by atoms with van der Waals surface area (Å²) in [6, 6.07) is 14.6. The summed E-state index contributed by atoms with van der Waals surface area (Å²) in [5.41, 5.74) is 0.854. The first-order chi connectivity index (χ1) is 13.5. The number of piperazine rings is 1. The highest BCUT2D eigenvalue weighted by Crippen LogP contribution is 2.20. The molecule has 0 saturated carbocycles. The van der Waals surface area contributed by atoms with E-state index < -0.39 is 15.8 Å². The van der Waals surface area contributed by atoms with Crippen molar-refractivity contribution < 1.29 is 17.2 Å². The number of hydrogen-bond acceptors (Lipinski definition) is 6. The van der Waals surface area contributed by atoms with Crippen LogP contribution in [0.3, 0.4) is 0 Å². The van der Waals surface area contributed by atoms with E-state index in [-0.39, 0.29) is 4.90 Å². The molecule has 1 aliphatic heterocycles. The number of aromatic nitrogens is 2. The largest absolute Gasteiger partial charge is 0.419 e. The Labute approximate surface area is 162 Å². The van der Waals surface area contributed by atoms with Crippen LogP contribution in [0.15, 0.2) is 63.9 Å². The Morgan fingerprint density at radius 2 is 1.71 bits per heavy atom. The molecule has 4 rings (SSSR count). The minimum Gasteiger partial charge on any atom is -0.419 e. The SMILES string of the molecule is O=S(=O)(c1cccc(F)c1)N1CCN(Cc2nnc(-c3ccccc3)o2)CC1. The standard InChI is InChI=1S/C19H19FN4O3S/c20-16-7-4-8-17(13-16)28(25,26)24-11-9-23(10-12-24)14-18-21-22-19(27-18)15-5-2-1-3-6-15/h1-8,13H,9-12,14H2. The predicted octanol–water partition coefficient (Wildman–Crippen LogP) is 2.38. The normalized spacial score (nSPS) is 16.3. The van der Waals surface area contributed by atoms with Gasteiger partial charge >= 0.3 is 0 Å². The van der Waals surface area contributed by atoms with Gasteiger partial charge < -0.3 is 4.42 Å². The van der Waals surface area contributed by atoms with E-state index in [0.717, 1.165) is 11.6 Å². The lowest BCUT2D eigenvalue weighted by Crippen LogP contribution is -2.48. The van der Waals surface area contributed by atoms with Crippen molar-refractivity contribution in [1.82, 2.24) is 19.4 Å². The quantitative estimate of drug-likeness (QED) is 0.652. The van der Waals surface area contributed by atoms with Crippen LogP contribution in [-0.4, -0.2) is 54.0 Å². The molecule has 9 heteroatoms. The van der Waals surface area contributed by atoms with Gasteiger partial charge in [-0.25, -0.2) is 12.8 Å². The first-order valence-corrected chi connectivity index (χ1v) is 10.3. The van der Waals surface area contributed by atoms with E-state index in [0.29, 0.717) is 44.5 Å². The number of nitrogens with zero attached hydrogens (tertiary/aromatic N) is 4. The van der Waals surface area contributed by atoms with Crippen molar-refractivity contribution in [2.24, 2.45) is 0 Å². The third-order valence-electron chi connectivity index (χ3n) is 4.61. The first-order valence-electron chi connectivity index (χ1n) is 8.88. The highest BCUT2D eigenvalue weighted by molar-refractivity contribution is 7.89. The van der Waals surface area contributed by atoms with Gasteiger partial charge in [0.1, 0.15) is 5.82 Å². The van der Waals surface area contributed by atoms with Gasteiger partial charge in [-0.15, -0.1) is 10.2 Å². The summed E-state index contributed by atoms with van der Waals surface area (Å²) in [6.07, 6.45) is 0. The van der Waals surface area contributed by atoms with Gasteiger partial charge in [-0.05, 0) is 30.3 Å². The Kier molecular flexibility index (Phi) is 5.21. The third-order valence-corrected chi connectivity index (χ3v) is 6.51. The maximum atomic E-state index is 13.4. The highest BCUT2D eigenvalue weighted by atomic mass is 32.2. The van der Waals surface area contributed by atoms with Crippen molar-refractivity contribution in [2.45, 2.75) is 11.4 Å². The number of sulfonamides is 1. The number of hydrogen-bond donors (Lipinski definition) is 0. The molecule has 0 atom stereocenters. The van der Waals surface area contributed by atoms with Gasteiger partial charge in [0, 0.05) is 31.7 Å². The third kappa shape index (κ3) is 3.96.